The van der Waals surface area contributed by atoms with Crippen molar-refractivity contribution in [3.05, 3.63) is 36.4 Å². The topological polar surface area (TPSA) is 20.2 Å². The lowest BCUT2D eigenvalue weighted by Crippen LogP contribution is -2.02. The van der Waals surface area contributed by atoms with Crippen LogP contribution in [0.2, 0.25) is 0 Å². The molecule has 0 saturated heterocycles. The number of unbranched alkanes of at least 4 members (excludes halogenated alkanes) is 1. The Balaban J connectivity index is 2.11. The molecule has 0 spiro atoms. The average Bonchev–Trinajstić information content (AvgIpc) is 2.49. The molecule has 0 aliphatic carbocycles. The Kier molecular flexibility index (Phi) is 5.78. The second kappa shape index (κ2) is 7.58. The average molecular weight is 288 g/mol. The van der Waals surface area contributed by atoms with Crippen molar-refractivity contribution in [3.63, 3.8) is 0 Å². The van der Waals surface area contributed by atoms with E-state index < -0.39 is 0 Å². The summed E-state index contributed by atoms with van der Waals surface area (Å²) in [6.07, 6.45) is 5.19. The van der Waals surface area contributed by atoms with Gasteiger partial charge in [-0.1, -0.05) is 57.4 Å². The summed E-state index contributed by atoms with van der Waals surface area (Å²) < 4.78 is 0. The quantitative estimate of drug-likeness (QED) is 0.644. The molecular weight excluding hydrogens is 264 g/mol. The minimum absolute atomic E-state index is 0.378. The van der Waals surface area contributed by atoms with Crippen molar-refractivity contribution in [1.29, 1.82) is 0 Å². The highest BCUT2D eigenvalue weighted by Crippen LogP contribution is 2.34. The molecule has 1 nitrogen and oxygen atoms in total. The molecule has 0 amide bonds. The van der Waals surface area contributed by atoms with Gasteiger partial charge < -0.3 is 5.11 Å². The summed E-state index contributed by atoms with van der Waals surface area (Å²) in [4.78, 5) is 1.29. The predicted octanol–water partition coefficient (Wildman–Crippen LogP) is 5.85. The maximum Gasteiger partial charge on any atom is 0.123 e. The molecular formula is C18H24OS. The third-order valence-electron chi connectivity index (χ3n) is 3.88. The van der Waals surface area contributed by atoms with Crippen LogP contribution < -0.4 is 0 Å². The van der Waals surface area contributed by atoms with Gasteiger partial charge in [-0.2, -0.15) is 0 Å². The Morgan fingerprint density at radius 2 is 1.80 bits per heavy atom. The van der Waals surface area contributed by atoms with E-state index in [1.54, 1.807) is 0 Å². The van der Waals surface area contributed by atoms with Crippen LogP contribution in [0.1, 0.15) is 39.5 Å². The summed E-state index contributed by atoms with van der Waals surface area (Å²) in [5.74, 6) is 2.35. The third kappa shape index (κ3) is 3.69. The maximum atomic E-state index is 9.93. The minimum atomic E-state index is 0.378. The zero-order valence-corrected chi connectivity index (χ0v) is 13.2. The van der Waals surface area contributed by atoms with Crippen molar-refractivity contribution in [2.45, 2.75) is 44.4 Å². The van der Waals surface area contributed by atoms with Crippen LogP contribution in [0.3, 0.4) is 0 Å². The fourth-order valence-electron chi connectivity index (χ4n) is 2.49. The van der Waals surface area contributed by atoms with Gasteiger partial charge in [0.25, 0.3) is 0 Å². The number of hydrogen-bond donors (Lipinski definition) is 1. The molecule has 0 bridgehead atoms. The third-order valence-corrected chi connectivity index (χ3v) is 5.18. The Morgan fingerprint density at radius 1 is 1.05 bits per heavy atom. The first kappa shape index (κ1) is 15.2. The molecule has 1 N–H and O–H groups in total. The molecule has 20 heavy (non-hydrogen) atoms. The second-order valence-electron chi connectivity index (χ2n) is 5.36. The van der Waals surface area contributed by atoms with E-state index in [0.717, 1.165) is 11.3 Å². The largest absolute Gasteiger partial charge is 0.507 e. The van der Waals surface area contributed by atoms with E-state index in [2.05, 4.69) is 26.0 Å². The number of thioether (sulfide) groups is 1. The van der Waals surface area contributed by atoms with Gasteiger partial charge in [0.2, 0.25) is 0 Å². The van der Waals surface area contributed by atoms with Crippen LogP contribution in [0.25, 0.3) is 10.8 Å². The lowest BCUT2D eigenvalue weighted by Gasteiger charge is -2.15. The van der Waals surface area contributed by atoms with Crippen LogP contribution in [0.5, 0.6) is 5.75 Å². The molecule has 108 valence electrons. The lowest BCUT2D eigenvalue weighted by molar-refractivity contribution is 0.481. The molecule has 1 unspecified atom stereocenters. The molecule has 2 rings (SSSR count). The van der Waals surface area contributed by atoms with Crippen LogP contribution >= 0.6 is 11.8 Å². The van der Waals surface area contributed by atoms with Crippen LogP contribution in [-0.2, 0) is 0 Å². The second-order valence-corrected chi connectivity index (χ2v) is 6.42. The first-order chi connectivity index (χ1) is 9.76. The van der Waals surface area contributed by atoms with E-state index in [0.29, 0.717) is 5.75 Å². The summed E-state index contributed by atoms with van der Waals surface area (Å²) in [5.41, 5.74) is 0. The zero-order chi connectivity index (χ0) is 14.4. The van der Waals surface area contributed by atoms with Gasteiger partial charge in [-0.3, -0.25) is 0 Å². The van der Waals surface area contributed by atoms with Crippen LogP contribution in [-0.4, -0.2) is 10.9 Å². The minimum Gasteiger partial charge on any atom is -0.507 e. The number of phenolic OH excluding ortho intramolecular Hbond substituents is 1. The van der Waals surface area contributed by atoms with Crippen molar-refractivity contribution in [2.24, 2.45) is 5.92 Å². The molecule has 2 aromatic rings. The number of phenols is 1. The summed E-state index contributed by atoms with van der Waals surface area (Å²) >= 11 is 1.93. The standard InChI is InChI=1S/C18H24OS/c1-3-5-8-14(4-2)13-20-18-12-11-17(19)15-9-6-7-10-16(15)18/h6-7,9-12,14,19H,3-5,8,13H2,1-2H3. The Morgan fingerprint density at radius 3 is 2.50 bits per heavy atom. The molecule has 0 heterocycles. The lowest BCUT2D eigenvalue weighted by atomic mass is 10.0. The van der Waals surface area contributed by atoms with Gasteiger partial charge in [0, 0.05) is 16.0 Å². The number of aromatic hydroxyl groups is 1. The van der Waals surface area contributed by atoms with Crippen molar-refractivity contribution >= 4 is 22.5 Å². The Hall–Kier alpha value is -1.15. The number of benzene rings is 2. The summed E-state index contributed by atoms with van der Waals surface area (Å²) in [6.45, 7) is 4.54. The fraction of sp³-hybridized carbons (Fsp3) is 0.444. The fourth-order valence-corrected chi connectivity index (χ4v) is 3.80. The van der Waals surface area contributed by atoms with Crippen molar-refractivity contribution < 1.29 is 5.11 Å². The van der Waals surface area contributed by atoms with E-state index in [1.807, 2.05) is 36.0 Å². The SMILES string of the molecule is CCCCC(CC)CSc1ccc(O)c2ccccc12. The molecule has 0 saturated carbocycles. The van der Waals surface area contributed by atoms with Gasteiger partial charge in [-0.15, -0.1) is 11.8 Å². The van der Waals surface area contributed by atoms with Crippen LogP contribution in [0.15, 0.2) is 41.3 Å². The normalized spacial score (nSPS) is 12.7. The summed E-state index contributed by atoms with van der Waals surface area (Å²) in [7, 11) is 0. The molecule has 0 aliphatic rings. The highest BCUT2D eigenvalue weighted by molar-refractivity contribution is 7.99. The van der Waals surface area contributed by atoms with Gasteiger partial charge in [0.05, 0.1) is 0 Å². The zero-order valence-electron chi connectivity index (χ0n) is 12.4. The molecule has 0 aromatic heterocycles. The number of fused-ring (bicyclic) bond motifs is 1. The van der Waals surface area contributed by atoms with Gasteiger partial charge >= 0.3 is 0 Å². The van der Waals surface area contributed by atoms with Gasteiger partial charge in [0.1, 0.15) is 5.75 Å². The van der Waals surface area contributed by atoms with E-state index >= 15 is 0 Å². The molecule has 0 fully saturated rings. The first-order valence-corrected chi connectivity index (χ1v) is 8.58. The Labute approximate surface area is 126 Å². The van der Waals surface area contributed by atoms with Gasteiger partial charge in [-0.25, -0.2) is 0 Å². The summed E-state index contributed by atoms with van der Waals surface area (Å²) in [6, 6.07) is 12.0. The van der Waals surface area contributed by atoms with Crippen LogP contribution in [0.4, 0.5) is 0 Å². The monoisotopic (exact) mass is 288 g/mol. The summed E-state index contributed by atoms with van der Waals surface area (Å²) in [5, 5.41) is 12.1. The van der Waals surface area contributed by atoms with E-state index in [-0.39, 0.29) is 0 Å². The first-order valence-electron chi connectivity index (χ1n) is 7.59. The van der Waals surface area contributed by atoms with Crippen LogP contribution in [0, 0.1) is 5.92 Å². The highest BCUT2D eigenvalue weighted by atomic mass is 32.2. The molecule has 0 radical (unpaired) electrons. The maximum absolute atomic E-state index is 9.93. The van der Waals surface area contributed by atoms with Gasteiger partial charge in [0.15, 0.2) is 0 Å². The number of hydrogen-bond acceptors (Lipinski definition) is 2. The van der Waals surface area contributed by atoms with E-state index in [4.69, 9.17) is 0 Å². The molecule has 0 aliphatic heterocycles. The van der Waals surface area contributed by atoms with E-state index in [1.165, 1.54) is 41.7 Å². The highest BCUT2D eigenvalue weighted by Gasteiger charge is 2.09. The van der Waals surface area contributed by atoms with Crippen molar-refractivity contribution in [1.82, 2.24) is 0 Å². The number of rotatable bonds is 7. The molecule has 1 atom stereocenters. The van der Waals surface area contributed by atoms with Gasteiger partial charge in [-0.05, 0) is 29.9 Å². The van der Waals surface area contributed by atoms with Crippen molar-refractivity contribution in [3.8, 4) is 5.75 Å². The smallest absolute Gasteiger partial charge is 0.123 e. The molecule has 2 heteroatoms. The predicted molar refractivity (Wildman–Crippen MR) is 89.6 cm³/mol. The van der Waals surface area contributed by atoms with Crippen molar-refractivity contribution in [2.75, 3.05) is 5.75 Å². The Bertz CT molecular complexity index is 550. The molecule has 2 aromatic carbocycles. The van der Waals surface area contributed by atoms with E-state index in [9.17, 15) is 5.11 Å².